The zero-order valence-corrected chi connectivity index (χ0v) is 20.5. The zero-order chi connectivity index (χ0) is 26.9. The quantitative estimate of drug-likeness (QED) is 0.335. The lowest BCUT2D eigenvalue weighted by molar-refractivity contribution is -0.143. The van der Waals surface area contributed by atoms with Crippen molar-refractivity contribution in [2.24, 2.45) is 0 Å². The smallest absolute Gasteiger partial charge is 0.341 e. The Labute approximate surface area is 209 Å². The number of nitrogens with zero attached hydrogens (tertiary/aromatic N) is 1. The second-order valence-electron chi connectivity index (χ2n) is 8.72. The molecule has 1 fully saturated rings. The van der Waals surface area contributed by atoms with Gasteiger partial charge in [-0.3, -0.25) is 8.98 Å². The van der Waals surface area contributed by atoms with Gasteiger partial charge in [0, 0.05) is 23.5 Å². The minimum Gasteiger partial charge on any atom is -0.341 e. The summed E-state index contributed by atoms with van der Waals surface area (Å²) in [5.41, 5.74) is -3.46. The Hall–Kier alpha value is -2.31. The molecule has 36 heavy (non-hydrogen) atoms. The number of benzene rings is 2. The van der Waals surface area contributed by atoms with Gasteiger partial charge in [0.15, 0.2) is 0 Å². The molecule has 198 valence electrons. The maximum absolute atomic E-state index is 13.2. The van der Waals surface area contributed by atoms with Crippen molar-refractivity contribution in [2.45, 2.75) is 37.0 Å². The summed E-state index contributed by atoms with van der Waals surface area (Å²) >= 11 is 6.11. The van der Waals surface area contributed by atoms with Crippen LogP contribution in [-0.4, -0.2) is 45.2 Å². The maximum atomic E-state index is 13.2. The summed E-state index contributed by atoms with van der Waals surface area (Å²) < 4.78 is 107. The van der Waals surface area contributed by atoms with E-state index in [4.69, 9.17) is 15.8 Å². The van der Waals surface area contributed by atoms with Crippen molar-refractivity contribution in [1.82, 2.24) is 4.90 Å². The van der Waals surface area contributed by atoms with E-state index >= 15 is 0 Å². The predicted molar refractivity (Wildman–Crippen MR) is 120 cm³/mol. The highest BCUT2D eigenvalue weighted by atomic mass is 35.5. The molecule has 3 rings (SSSR count). The Bertz CT molecular complexity index is 1200. The molecule has 2 aromatic rings. The normalized spacial score (nSPS) is 19.1. The van der Waals surface area contributed by atoms with E-state index in [1.807, 2.05) is 0 Å². The number of carbonyl (C=O) groups is 1. The fourth-order valence-electron chi connectivity index (χ4n) is 4.28. The third kappa shape index (κ3) is 7.13. The molecule has 1 unspecified atom stereocenters. The number of alkyl halides is 6. The van der Waals surface area contributed by atoms with E-state index in [-0.39, 0.29) is 32.2 Å². The van der Waals surface area contributed by atoms with Crippen molar-refractivity contribution in [3.05, 3.63) is 69.7 Å². The van der Waals surface area contributed by atoms with E-state index in [0.717, 1.165) is 6.26 Å². The number of hydrogen-bond acceptors (Lipinski definition) is 4. The van der Waals surface area contributed by atoms with Crippen molar-refractivity contribution in [2.75, 3.05) is 26.0 Å². The summed E-state index contributed by atoms with van der Waals surface area (Å²) in [6, 6.07) is 7.82. The molecule has 0 bridgehead atoms. The molecule has 0 radical (unpaired) electrons. The molecule has 0 saturated carbocycles. The highest BCUT2D eigenvalue weighted by Gasteiger charge is 2.42. The van der Waals surface area contributed by atoms with Crippen molar-refractivity contribution in [3.63, 3.8) is 0 Å². The van der Waals surface area contributed by atoms with E-state index in [0.29, 0.717) is 29.1 Å². The van der Waals surface area contributed by atoms with Crippen molar-refractivity contribution in [1.29, 1.82) is 0 Å². The van der Waals surface area contributed by atoms with Gasteiger partial charge >= 0.3 is 12.4 Å². The van der Waals surface area contributed by atoms with Crippen LogP contribution in [0.4, 0.5) is 26.3 Å². The number of rotatable bonds is 7. The number of halogens is 7. The molecule has 13 heteroatoms. The average Bonchev–Trinajstić information content (AvgIpc) is 3.17. The van der Waals surface area contributed by atoms with E-state index < -0.39 is 56.9 Å². The van der Waals surface area contributed by atoms with Gasteiger partial charge in [-0.1, -0.05) is 23.7 Å². The summed E-state index contributed by atoms with van der Waals surface area (Å²) in [6.45, 7) is 0.0373. The molecule has 0 N–H and O–H groups in total. The molecular weight excluding hydrogens is 536 g/mol. The van der Waals surface area contributed by atoms with Crippen LogP contribution in [0.15, 0.2) is 42.5 Å². The number of likely N-dealkylation sites (tertiary alicyclic amines) is 1. The molecule has 0 spiro atoms. The first-order valence-corrected chi connectivity index (χ1v) is 12.8. The summed E-state index contributed by atoms with van der Waals surface area (Å²) in [4.78, 5) is 14.3. The minimum absolute atomic E-state index is 0.00970. The Morgan fingerprint density at radius 1 is 1.06 bits per heavy atom. The first-order chi connectivity index (χ1) is 16.5. The lowest BCUT2D eigenvalue weighted by atomic mass is 9.77. The molecule has 0 aliphatic carbocycles. The molecule has 1 aliphatic rings. The van der Waals surface area contributed by atoms with E-state index in [9.17, 15) is 39.6 Å². The third-order valence-electron chi connectivity index (χ3n) is 6.02. The van der Waals surface area contributed by atoms with Crippen LogP contribution < -0.4 is 0 Å². The van der Waals surface area contributed by atoms with Gasteiger partial charge in [-0.05, 0) is 54.3 Å². The molecule has 0 aromatic heterocycles. The van der Waals surface area contributed by atoms with Crippen LogP contribution >= 0.6 is 11.6 Å². The van der Waals surface area contributed by atoms with Crippen LogP contribution in [0.3, 0.4) is 0 Å². The fraction of sp³-hybridized carbons (Fsp3) is 0.435. The van der Waals surface area contributed by atoms with Crippen molar-refractivity contribution in [3.8, 4) is 0 Å². The number of carbonyl (C=O) groups excluding carboxylic acids is 1. The number of amides is 1. The van der Waals surface area contributed by atoms with Crippen LogP contribution in [0.5, 0.6) is 0 Å². The van der Waals surface area contributed by atoms with E-state index in [2.05, 4.69) is 0 Å². The van der Waals surface area contributed by atoms with E-state index in [1.54, 1.807) is 24.3 Å². The predicted octanol–water partition coefficient (Wildman–Crippen LogP) is 5.46. The molecule has 1 atom stereocenters. The van der Waals surface area contributed by atoms with Crippen LogP contribution in [0.1, 0.15) is 35.1 Å². The monoisotopic (exact) mass is 557 g/mol. The summed E-state index contributed by atoms with van der Waals surface area (Å²) in [7, 11) is -3.73. The maximum Gasteiger partial charge on any atom is 0.416 e. The summed E-state index contributed by atoms with van der Waals surface area (Å²) in [6.07, 6.45) is -9.26. The second kappa shape index (κ2) is 10.2. The van der Waals surface area contributed by atoms with Crippen LogP contribution in [0.25, 0.3) is 0 Å². The molecule has 5 nitrogen and oxygen atoms in total. The van der Waals surface area contributed by atoms with Crippen LogP contribution in [0.2, 0.25) is 5.02 Å². The Balaban J connectivity index is 1.85. The number of hydrogen-bond donors (Lipinski definition) is 0. The first-order valence-electron chi connectivity index (χ1n) is 10.7. The van der Waals surface area contributed by atoms with E-state index in [1.165, 1.54) is 4.90 Å². The topological polar surface area (TPSA) is 63.7 Å². The van der Waals surface area contributed by atoms with Gasteiger partial charge in [-0.2, -0.15) is 34.8 Å². The Morgan fingerprint density at radius 3 is 2.19 bits per heavy atom. The largest absolute Gasteiger partial charge is 0.416 e. The zero-order valence-electron chi connectivity index (χ0n) is 18.9. The molecule has 1 amide bonds. The van der Waals surface area contributed by atoms with Gasteiger partial charge in [0.05, 0.1) is 30.4 Å². The second-order valence-corrected chi connectivity index (χ2v) is 10.8. The fourth-order valence-corrected chi connectivity index (χ4v) is 4.86. The van der Waals surface area contributed by atoms with Crippen LogP contribution in [-0.2, 0) is 43.3 Å². The highest BCUT2D eigenvalue weighted by molar-refractivity contribution is 7.85. The Kier molecular flexibility index (Phi) is 8.02. The molecule has 1 heterocycles. The standard InChI is InChI=1S/C23H22ClF6NO4S/c1-36(33,34)35-8-6-21(16-3-2-4-19(24)13-16)5-7-31(14-21)20(32)11-15-9-17(22(25,26)27)12-18(10-15)23(28,29)30/h2-4,9-10,12-13H,5-8,11,14H2,1H3. The average molecular weight is 558 g/mol. The van der Waals surface area contributed by atoms with Crippen molar-refractivity contribution >= 4 is 27.6 Å². The lowest BCUT2D eigenvalue weighted by Crippen LogP contribution is -2.36. The highest BCUT2D eigenvalue weighted by Crippen LogP contribution is 2.40. The first kappa shape index (κ1) is 28.3. The molecule has 1 saturated heterocycles. The van der Waals surface area contributed by atoms with Gasteiger partial charge < -0.3 is 4.90 Å². The molecule has 2 aromatic carbocycles. The van der Waals surface area contributed by atoms with Gasteiger partial charge in [-0.25, -0.2) is 0 Å². The molecular formula is C23H22ClF6NO4S. The van der Waals surface area contributed by atoms with Crippen LogP contribution in [0, 0.1) is 0 Å². The van der Waals surface area contributed by atoms with Gasteiger partial charge in [-0.15, -0.1) is 0 Å². The third-order valence-corrected chi connectivity index (χ3v) is 6.85. The van der Waals surface area contributed by atoms with Gasteiger partial charge in [0.2, 0.25) is 5.91 Å². The summed E-state index contributed by atoms with van der Waals surface area (Å²) in [5.74, 6) is -0.657. The Morgan fingerprint density at radius 2 is 1.67 bits per heavy atom. The summed E-state index contributed by atoms with van der Waals surface area (Å²) in [5, 5.41) is 0.407. The molecule has 1 aliphatic heterocycles. The van der Waals surface area contributed by atoms with Gasteiger partial charge in [0.1, 0.15) is 0 Å². The minimum atomic E-state index is -5.02. The lowest BCUT2D eigenvalue weighted by Gasteiger charge is -2.30. The van der Waals surface area contributed by atoms with Gasteiger partial charge in [0.25, 0.3) is 10.1 Å². The van der Waals surface area contributed by atoms with Crippen molar-refractivity contribution < 1.29 is 43.7 Å². The SMILES string of the molecule is CS(=O)(=O)OCCC1(c2cccc(Cl)c2)CCN(C(=O)Cc2cc(C(F)(F)F)cc(C(F)(F)F)c2)C1.